The fourth-order valence-electron chi connectivity index (χ4n) is 4.87. The zero-order valence-corrected chi connectivity index (χ0v) is 25.7. The molecule has 5 rings (SSSR count). The number of hydrogen-bond donors (Lipinski definition) is 1. The van der Waals surface area contributed by atoms with Crippen molar-refractivity contribution in [2.75, 3.05) is 38.0 Å². The number of thiophene rings is 1. The topological polar surface area (TPSA) is 91.8 Å². The van der Waals surface area contributed by atoms with Crippen LogP contribution in [-0.4, -0.2) is 61.2 Å². The predicted molar refractivity (Wildman–Crippen MR) is 167 cm³/mol. The van der Waals surface area contributed by atoms with E-state index in [1.54, 1.807) is 48.7 Å². The molecule has 224 valence electrons. The molecule has 2 aromatic carbocycles. The maximum atomic E-state index is 15.1. The van der Waals surface area contributed by atoms with Crippen LogP contribution in [0.1, 0.15) is 31.6 Å². The Hall–Kier alpha value is -3.82. The summed E-state index contributed by atoms with van der Waals surface area (Å²) in [5, 5.41) is 2.77. The molecule has 0 bridgehead atoms. The quantitative estimate of drug-likeness (QED) is 0.232. The first-order chi connectivity index (χ1) is 20.8. The maximum absolute atomic E-state index is 15.1. The second-order valence-corrected chi connectivity index (χ2v) is 13.1. The van der Waals surface area contributed by atoms with Gasteiger partial charge in [-0.3, -0.25) is 14.7 Å². The number of piperidine rings is 1. The summed E-state index contributed by atoms with van der Waals surface area (Å²) in [7, 11) is -3.60. The van der Waals surface area contributed by atoms with Crippen molar-refractivity contribution in [1.29, 1.82) is 0 Å². The number of nitrogens with one attached hydrogen (secondary N) is 1. The number of pyridine rings is 1. The third-order valence-corrected chi connectivity index (χ3v) is 10.4. The molecule has 1 aliphatic rings. The summed E-state index contributed by atoms with van der Waals surface area (Å²) >= 11 is 1.44. The van der Waals surface area contributed by atoms with Crippen LogP contribution < -0.4 is 10.1 Å². The number of carbonyl (C=O) groups is 1. The third kappa shape index (κ3) is 7.22. The summed E-state index contributed by atoms with van der Waals surface area (Å²) in [4.78, 5) is 20.6. The number of anilines is 1. The van der Waals surface area contributed by atoms with Gasteiger partial charge in [-0.05, 0) is 56.3 Å². The Balaban J connectivity index is 1.20. The zero-order valence-electron chi connectivity index (χ0n) is 24.0. The largest absolute Gasteiger partial charge is 0.453 e. The van der Waals surface area contributed by atoms with Crippen LogP contribution in [0, 0.1) is 23.6 Å². The van der Waals surface area contributed by atoms with Crippen LogP contribution in [0.5, 0.6) is 11.5 Å². The predicted octanol–water partition coefficient (Wildman–Crippen LogP) is 5.96. The molecule has 43 heavy (non-hydrogen) atoms. The molecule has 1 fully saturated rings. The summed E-state index contributed by atoms with van der Waals surface area (Å²) in [5.41, 5.74) is 1.03. The highest BCUT2D eigenvalue weighted by atomic mass is 32.2. The van der Waals surface area contributed by atoms with E-state index in [9.17, 15) is 13.2 Å². The molecule has 0 radical (unpaired) electrons. The molecule has 4 aromatic rings. The molecule has 0 aliphatic carbocycles. The van der Waals surface area contributed by atoms with Gasteiger partial charge in [-0.15, -0.1) is 11.3 Å². The van der Waals surface area contributed by atoms with E-state index < -0.39 is 15.8 Å². The second kappa shape index (κ2) is 13.7. The Bertz CT molecular complexity index is 1750. The van der Waals surface area contributed by atoms with E-state index in [4.69, 9.17) is 4.74 Å². The normalized spacial score (nSPS) is 14.4. The molecule has 0 spiro atoms. The number of amides is 1. The lowest BCUT2D eigenvalue weighted by Crippen LogP contribution is -2.41. The van der Waals surface area contributed by atoms with E-state index in [0.717, 1.165) is 28.2 Å². The molecule has 0 atom stereocenters. The van der Waals surface area contributed by atoms with Gasteiger partial charge < -0.3 is 10.1 Å². The first-order valence-electron chi connectivity index (χ1n) is 14.2. The van der Waals surface area contributed by atoms with Crippen molar-refractivity contribution in [3.8, 4) is 23.3 Å². The Morgan fingerprint density at radius 3 is 2.53 bits per heavy atom. The molecule has 3 heterocycles. The fraction of sp³-hybridized carbons (Fsp3) is 0.312. The van der Waals surface area contributed by atoms with Gasteiger partial charge in [0, 0.05) is 43.0 Å². The van der Waals surface area contributed by atoms with Crippen molar-refractivity contribution in [1.82, 2.24) is 14.2 Å². The average Bonchev–Trinajstić information content (AvgIpc) is 3.45. The van der Waals surface area contributed by atoms with E-state index in [-0.39, 0.29) is 35.6 Å². The molecule has 11 heteroatoms. The van der Waals surface area contributed by atoms with E-state index >= 15 is 4.39 Å². The van der Waals surface area contributed by atoms with Gasteiger partial charge in [0.1, 0.15) is 5.75 Å². The summed E-state index contributed by atoms with van der Waals surface area (Å²) < 4.78 is 49.0. The highest BCUT2D eigenvalue weighted by molar-refractivity contribution is 7.89. The van der Waals surface area contributed by atoms with Gasteiger partial charge >= 0.3 is 0 Å². The van der Waals surface area contributed by atoms with Crippen LogP contribution in [0.4, 0.5) is 10.1 Å². The van der Waals surface area contributed by atoms with Crippen molar-refractivity contribution < 1.29 is 22.3 Å². The number of nitrogens with zero attached hydrogens (tertiary/aromatic N) is 3. The molecule has 1 amide bonds. The standard InChI is InChI=1S/C32H33FN4O4S2/c1-3-36(4-2)18-8-9-25-22-28-31(42-25)30(14-17-34-28)41-29-13-12-24(21-27(29)33)35-32(38)23-15-19-37(20-16-23)43(39,40)26-10-6-5-7-11-26/h5-7,10-14,17,21-23H,3-4,15-16,18-20H2,1-2H3,(H,35,38). The fourth-order valence-corrected chi connectivity index (χ4v) is 7.30. The molecular weight excluding hydrogens is 588 g/mol. The monoisotopic (exact) mass is 620 g/mol. The molecule has 0 saturated carbocycles. The minimum atomic E-state index is -3.60. The number of benzene rings is 2. The maximum Gasteiger partial charge on any atom is 0.243 e. The lowest BCUT2D eigenvalue weighted by atomic mass is 9.97. The lowest BCUT2D eigenvalue weighted by Gasteiger charge is -2.30. The molecule has 1 aliphatic heterocycles. The minimum Gasteiger partial charge on any atom is -0.453 e. The Morgan fingerprint density at radius 2 is 1.84 bits per heavy atom. The number of hydrogen-bond acceptors (Lipinski definition) is 7. The van der Waals surface area contributed by atoms with Crippen LogP contribution >= 0.6 is 11.3 Å². The van der Waals surface area contributed by atoms with Gasteiger partial charge in [-0.25, -0.2) is 12.8 Å². The molecule has 0 unspecified atom stereocenters. The molecule has 1 saturated heterocycles. The van der Waals surface area contributed by atoms with E-state index in [1.807, 2.05) is 6.07 Å². The number of sulfonamides is 1. The van der Waals surface area contributed by atoms with Crippen LogP contribution in [0.2, 0.25) is 0 Å². The van der Waals surface area contributed by atoms with E-state index in [1.165, 1.54) is 27.8 Å². The van der Waals surface area contributed by atoms with Crippen LogP contribution in [0.25, 0.3) is 10.2 Å². The van der Waals surface area contributed by atoms with Gasteiger partial charge in [-0.2, -0.15) is 4.31 Å². The van der Waals surface area contributed by atoms with Gasteiger partial charge in [0.15, 0.2) is 11.6 Å². The van der Waals surface area contributed by atoms with Crippen LogP contribution in [-0.2, 0) is 14.8 Å². The highest BCUT2D eigenvalue weighted by Crippen LogP contribution is 2.36. The van der Waals surface area contributed by atoms with Gasteiger partial charge in [0.2, 0.25) is 15.9 Å². The number of fused-ring (bicyclic) bond motifs is 1. The summed E-state index contributed by atoms with van der Waals surface area (Å²) in [5.74, 6) is 5.61. The number of aromatic nitrogens is 1. The Kier molecular flexibility index (Phi) is 9.72. The first-order valence-corrected chi connectivity index (χ1v) is 16.5. The lowest BCUT2D eigenvalue weighted by molar-refractivity contribution is -0.120. The van der Waals surface area contributed by atoms with Crippen molar-refractivity contribution in [3.63, 3.8) is 0 Å². The number of rotatable bonds is 9. The summed E-state index contributed by atoms with van der Waals surface area (Å²) in [6.45, 7) is 7.24. The summed E-state index contributed by atoms with van der Waals surface area (Å²) in [6.07, 6.45) is 2.37. The second-order valence-electron chi connectivity index (χ2n) is 10.1. The number of carbonyl (C=O) groups excluding carboxylic acids is 1. The van der Waals surface area contributed by atoms with Crippen molar-refractivity contribution in [2.45, 2.75) is 31.6 Å². The van der Waals surface area contributed by atoms with Crippen molar-refractivity contribution in [2.24, 2.45) is 5.92 Å². The Labute approximate surface area is 255 Å². The molecule has 8 nitrogen and oxygen atoms in total. The average molecular weight is 621 g/mol. The SMILES string of the molecule is CCN(CC)CC#Cc1cc2nccc(Oc3ccc(NC(=O)C4CCN(S(=O)(=O)c5ccccc5)CC4)cc3F)c2s1. The van der Waals surface area contributed by atoms with Gasteiger partial charge in [0.25, 0.3) is 0 Å². The summed E-state index contributed by atoms with van der Waals surface area (Å²) in [6, 6.07) is 16.1. The Morgan fingerprint density at radius 1 is 1.09 bits per heavy atom. The molecular formula is C32H33FN4O4S2. The van der Waals surface area contributed by atoms with Crippen molar-refractivity contribution >= 4 is 43.2 Å². The first kappa shape index (κ1) is 30.6. The molecule has 1 N–H and O–H groups in total. The van der Waals surface area contributed by atoms with Gasteiger partial charge in [-0.1, -0.05) is 43.9 Å². The zero-order chi connectivity index (χ0) is 30.4. The van der Waals surface area contributed by atoms with E-state index in [2.05, 4.69) is 40.9 Å². The minimum absolute atomic E-state index is 0.0208. The number of halogens is 1. The van der Waals surface area contributed by atoms with Gasteiger partial charge in [0.05, 0.1) is 26.5 Å². The van der Waals surface area contributed by atoms with E-state index in [0.29, 0.717) is 30.8 Å². The third-order valence-electron chi connectivity index (χ3n) is 7.41. The highest BCUT2D eigenvalue weighted by Gasteiger charge is 2.32. The smallest absolute Gasteiger partial charge is 0.243 e. The molecule has 2 aromatic heterocycles. The van der Waals surface area contributed by atoms with Crippen LogP contribution in [0.3, 0.4) is 0 Å². The number of ether oxygens (including phenoxy) is 1. The van der Waals surface area contributed by atoms with Crippen molar-refractivity contribution in [3.05, 3.63) is 77.6 Å². The van der Waals surface area contributed by atoms with Crippen LogP contribution in [0.15, 0.2) is 71.8 Å².